The highest BCUT2D eigenvalue weighted by Crippen LogP contribution is 2.25. The first-order valence-corrected chi connectivity index (χ1v) is 6.86. The van der Waals surface area contributed by atoms with Crippen LogP contribution in [-0.4, -0.2) is 19.8 Å². The van der Waals surface area contributed by atoms with E-state index in [1.54, 1.807) is 7.11 Å². The molecular formula is C14H19Cl2NO2. The van der Waals surface area contributed by atoms with E-state index in [-0.39, 0.29) is 6.61 Å². The zero-order valence-electron chi connectivity index (χ0n) is 11.4. The van der Waals surface area contributed by atoms with Crippen LogP contribution in [-0.2, 0) is 6.54 Å². The van der Waals surface area contributed by atoms with E-state index in [1.807, 2.05) is 18.2 Å². The lowest BCUT2D eigenvalue weighted by molar-refractivity contribution is 0.348. The molecule has 0 heterocycles. The van der Waals surface area contributed by atoms with Gasteiger partial charge in [0.2, 0.25) is 0 Å². The number of methoxy groups -OCH3 is 1. The molecule has 0 radical (unpaired) electrons. The van der Waals surface area contributed by atoms with Crippen LogP contribution in [0.5, 0.6) is 11.5 Å². The van der Waals surface area contributed by atoms with Gasteiger partial charge in [-0.05, 0) is 6.07 Å². The van der Waals surface area contributed by atoms with Crippen LogP contribution in [0, 0.1) is 0 Å². The first-order chi connectivity index (χ1) is 9.06. The third-order valence-electron chi connectivity index (χ3n) is 2.46. The van der Waals surface area contributed by atoms with Gasteiger partial charge in [0, 0.05) is 29.8 Å². The van der Waals surface area contributed by atoms with E-state index >= 15 is 0 Å². The SMILES string of the molecule is COc1ccc(CNC(C)C)c(OCC(Cl)=CCl)c1. The van der Waals surface area contributed by atoms with Crippen LogP contribution in [0.15, 0.2) is 28.8 Å². The van der Waals surface area contributed by atoms with Crippen LogP contribution in [0.2, 0.25) is 0 Å². The van der Waals surface area contributed by atoms with Crippen molar-refractivity contribution in [3.05, 3.63) is 34.3 Å². The Morgan fingerprint density at radius 3 is 2.74 bits per heavy atom. The molecule has 5 heteroatoms. The predicted molar refractivity (Wildman–Crippen MR) is 80.3 cm³/mol. The second-order valence-electron chi connectivity index (χ2n) is 4.35. The van der Waals surface area contributed by atoms with Crippen LogP contribution < -0.4 is 14.8 Å². The van der Waals surface area contributed by atoms with E-state index in [1.165, 1.54) is 5.54 Å². The number of hydrogen-bond acceptors (Lipinski definition) is 3. The van der Waals surface area contributed by atoms with E-state index in [2.05, 4.69) is 19.2 Å². The Morgan fingerprint density at radius 1 is 1.42 bits per heavy atom. The lowest BCUT2D eigenvalue weighted by atomic mass is 10.2. The maximum absolute atomic E-state index is 5.83. The number of nitrogens with one attached hydrogen (secondary N) is 1. The number of rotatable bonds is 7. The fraction of sp³-hybridized carbons (Fsp3) is 0.429. The molecule has 0 spiro atoms. The van der Waals surface area contributed by atoms with Crippen molar-refractivity contribution in [2.45, 2.75) is 26.4 Å². The first-order valence-electron chi connectivity index (χ1n) is 6.04. The molecule has 1 aromatic carbocycles. The van der Waals surface area contributed by atoms with Gasteiger partial charge in [0.25, 0.3) is 0 Å². The van der Waals surface area contributed by atoms with Crippen molar-refractivity contribution in [3.8, 4) is 11.5 Å². The molecule has 0 atom stereocenters. The van der Waals surface area contributed by atoms with Gasteiger partial charge >= 0.3 is 0 Å². The Morgan fingerprint density at radius 2 is 2.16 bits per heavy atom. The fourth-order valence-corrected chi connectivity index (χ4v) is 1.55. The molecule has 0 amide bonds. The Kier molecular flexibility index (Phi) is 7.06. The molecular weight excluding hydrogens is 285 g/mol. The molecule has 3 nitrogen and oxygen atoms in total. The first kappa shape index (κ1) is 16.2. The summed E-state index contributed by atoms with van der Waals surface area (Å²) in [6, 6.07) is 6.13. The number of benzene rings is 1. The standard InChI is InChI=1S/C14H19Cl2NO2/c1-10(2)17-8-11-4-5-13(18-3)6-14(11)19-9-12(16)7-15/h4-7,10,17H,8-9H2,1-3H3. The minimum absolute atomic E-state index is 0.243. The molecule has 1 N–H and O–H groups in total. The lowest BCUT2D eigenvalue weighted by Gasteiger charge is -2.14. The van der Waals surface area contributed by atoms with Gasteiger partial charge in [-0.1, -0.05) is 43.1 Å². The molecule has 0 aliphatic heterocycles. The summed E-state index contributed by atoms with van der Waals surface area (Å²) in [5.74, 6) is 1.48. The smallest absolute Gasteiger partial charge is 0.128 e. The average molecular weight is 304 g/mol. The van der Waals surface area contributed by atoms with Gasteiger partial charge in [0.05, 0.1) is 12.1 Å². The molecule has 0 aliphatic rings. The van der Waals surface area contributed by atoms with E-state index in [4.69, 9.17) is 32.7 Å². The zero-order valence-corrected chi connectivity index (χ0v) is 12.9. The second kappa shape index (κ2) is 8.31. The Bertz CT molecular complexity index is 433. The van der Waals surface area contributed by atoms with E-state index in [0.717, 1.165) is 23.6 Å². The van der Waals surface area contributed by atoms with Crippen molar-refractivity contribution in [2.24, 2.45) is 0 Å². The second-order valence-corrected chi connectivity index (χ2v) is 5.06. The molecule has 0 fully saturated rings. The summed E-state index contributed by atoms with van der Waals surface area (Å²) < 4.78 is 10.9. The Balaban J connectivity index is 2.82. The molecule has 106 valence electrons. The minimum atomic E-state index is 0.243. The van der Waals surface area contributed by atoms with Gasteiger partial charge in [-0.15, -0.1) is 0 Å². The van der Waals surface area contributed by atoms with Crippen molar-refractivity contribution in [2.75, 3.05) is 13.7 Å². The third kappa shape index (κ3) is 5.72. The molecule has 0 aromatic heterocycles. The maximum atomic E-state index is 5.83. The fourth-order valence-electron chi connectivity index (χ4n) is 1.43. The summed E-state index contributed by atoms with van der Waals surface area (Å²) in [5, 5.41) is 3.80. The van der Waals surface area contributed by atoms with Crippen LogP contribution in [0.3, 0.4) is 0 Å². The van der Waals surface area contributed by atoms with Crippen molar-refractivity contribution >= 4 is 23.2 Å². The third-order valence-corrected chi connectivity index (χ3v) is 3.05. The van der Waals surface area contributed by atoms with Crippen LogP contribution in [0.25, 0.3) is 0 Å². The van der Waals surface area contributed by atoms with Crippen molar-refractivity contribution in [3.63, 3.8) is 0 Å². The summed E-state index contributed by atoms with van der Waals surface area (Å²) in [6.07, 6.45) is 0. The topological polar surface area (TPSA) is 30.5 Å². The van der Waals surface area contributed by atoms with Gasteiger partial charge in [-0.2, -0.15) is 0 Å². The average Bonchev–Trinajstić information content (AvgIpc) is 2.42. The summed E-state index contributed by atoms with van der Waals surface area (Å²) in [4.78, 5) is 0. The van der Waals surface area contributed by atoms with Crippen molar-refractivity contribution in [1.29, 1.82) is 0 Å². The highest BCUT2D eigenvalue weighted by molar-refractivity contribution is 6.36. The monoisotopic (exact) mass is 303 g/mol. The Hall–Kier alpha value is -0.900. The van der Waals surface area contributed by atoms with Crippen molar-refractivity contribution < 1.29 is 9.47 Å². The summed E-state index contributed by atoms with van der Waals surface area (Å²) in [6.45, 7) is 5.15. The molecule has 0 aliphatic carbocycles. The molecule has 0 saturated heterocycles. The maximum Gasteiger partial charge on any atom is 0.128 e. The predicted octanol–water partition coefficient (Wildman–Crippen LogP) is 3.89. The van der Waals surface area contributed by atoms with Gasteiger partial charge in [0.15, 0.2) is 0 Å². The summed E-state index contributed by atoms with van der Waals surface area (Å²) >= 11 is 11.3. The quantitative estimate of drug-likeness (QED) is 0.829. The summed E-state index contributed by atoms with van der Waals surface area (Å²) in [5.41, 5.74) is 2.35. The number of ether oxygens (including phenoxy) is 2. The summed E-state index contributed by atoms with van der Waals surface area (Å²) in [7, 11) is 1.62. The largest absolute Gasteiger partial charge is 0.497 e. The molecule has 1 aromatic rings. The van der Waals surface area contributed by atoms with Crippen molar-refractivity contribution in [1.82, 2.24) is 5.32 Å². The van der Waals surface area contributed by atoms with Gasteiger partial charge in [-0.3, -0.25) is 0 Å². The Labute approximate surface area is 124 Å². The normalized spacial score (nSPS) is 11.8. The zero-order chi connectivity index (χ0) is 14.3. The molecule has 0 unspecified atom stereocenters. The number of halogens is 2. The highest BCUT2D eigenvalue weighted by Gasteiger charge is 2.07. The van der Waals surface area contributed by atoms with E-state index in [0.29, 0.717) is 11.1 Å². The van der Waals surface area contributed by atoms with Crippen LogP contribution >= 0.6 is 23.2 Å². The molecule has 19 heavy (non-hydrogen) atoms. The molecule has 0 bridgehead atoms. The van der Waals surface area contributed by atoms with Gasteiger partial charge < -0.3 is 14.8 Å². The molecule has 0 saturated carbocycles. The highest BCUT2D eigenvalue weighted by atomic mass is 35.5. The lowest BCUT2D eigenvalue weighted by Crippen LogP contribution is -2.22. The van der Waals surface area contributed by atoms with Gasteiger partial charge in [0.1, 0.15) is 18.1 Å². The molecule has 1 rings (SSSR count). The van der Waals surface area contributed by atoms with Crippen LogP contribution in [0.4, 0.5) is 0 Å². The minimum Gasteiger partial charge on any atom is -0.497 e. The number of hydrogen-bond donors (Lipinski definition) is 1. The van der Waals surface area contributed by atoms with E-state index in [9.17, 15) is 0 Å². The van der Waals surface area contributed by atoms with E-state index < -0.39 is 0 Å². The van der Waals surface area contributed by atoms with Gasteiger partial charge in [-0.25, -0.2) is 0 Å². The van der Waals surface area contributed by atoms with Crippen LogP contribution in [0.1, 0.15) is 19.4 Å².